The zero-order valence-electron chi connectivity index (χ0n) is 18.2. The highest BCUT2D eigenvalue weighted by Gasteiger charge is 2.31. The highest BCUT2D eigenvalue weighted by molar-refractivity contribution is 5.99. The van der Waals surface area contributed by atoms with Crippen molar-refractivity contribution in [1.82, 2.24) is 14.8 Å². The molecular weight excluding hydrogens is 421 g/mol. The number of piperidine rings is 1. The van der Waals surface area contributed by atoms with Crippen molar-refractivity contribution in [2.45, 2.75) is 39.0 Å². The average molecular weight is 446 g/mol. The van der Waals surface area contributed by atoms with Crippen LogP contribution < -0.4 is 4.90 Å². The van der Waals surface area contributed by atoms with E-state index in [-0.39, 0.29) is 24.0 Å². The molecular formula is C23H25F3N4O2. The number of hydrogen-bond donors (Lipinski definition) is 0. The molecule has 6 nitrogen and oxygen atoms in total. The molecule has 1 unspecified atom stereocenters. The number of aromatic nitrogens is 3. The lowest BCUT2D eigenvalue weighted by Gasteiger charge is -2.34. The molecule has 1 aromatic carbocycles. The monoisotopic (exact) mass is 446 g/mol. The summed E-state index contributed by atoms with van der Waals surface area (Å²) in [4.78, 5) is 18.8. The lowest BCUT2D eigenvalue weighted by Crippen LogP contribution is -2.38. The van der Waals surface area contributed by atoms with Gasteiger partial charge in [-0.15, -0.1) is 0 Å². The molecule has 0 aliphatic carbocycles. The van der Waals surface area contributed by atoms with E-state index in [1.807, 2.05) is 18.7 Å². The second-order valence-electron chi connectivity index (χ2n) is 8.33. The first-order chi connectivity index (χ1) is 15.3. The number of pyridine rings is 1. The highest BCUT2D eigenvalue weighted by Crippen LogP contribution is 2.37. The van der Waals surface area contributed by atoms with Gasteiger partial charge in [0.2, 0.25) is 6.43 Å². The van der Waals surface area contributed by atoms with Crippen molar-refractivity contribution in [3.05, 3.63) is 47.5 Å². The summed E-state index contributed by atoms with van der Waals surface area (Å²) in [6.45, 7) is 4.72. The SMILES string of the molecule is COC(=O)c1cc(N2CCCC(C(F)F)C2)c2c(C(C)C)nn(-c3ccc(F)cc3)c2n1. The minimum Gasteiger partial charge on any atom is -0.464 e. The summed E-state index contributed by atoms with van der Waals surface area (Å²) in [5, 5.41) is 5.43. The van der Waals surface area contributed by atoms with Gasteiger partial charge < -0.3 is 9.64 Å². The molecule has 0 amide bonds. The number of ether oxygens (including phenoxy) is 1. The van der Waals surface area contributed by atoms with Crippen LogP contribution in [0.3, 0.4) is 0 Å². The van der Waals surface area contributed by atoms with Crippen LogP contribution in [-0.4, -0.2) is 47.4 Å². The number of carbonyl (C=O) groups excluding carboxylic acids is 1. The quantitative estimate of drug-likeness (QED) is 0.519. The Labute approximate surface area is 184 Å². The Hall–Kier alpha value is -3.10. The number of alkyl halides is 2. The summed E-state index contributed by atoms with van der Waals surface area (Å²) in [5.41, 5.74) is 2.40. The number of rotatable bonds is 5. The predicted octanol–water partition coefficient (Wildman–Crippen LogP) is 4.95. The standard InChI is InChI=1S/C23H25F3N4O2/c1-13(2)20-19-18(29-10-4-5-14(12-29)21(25)26)11-17(23(31)32-3)27-22(19)30(28-20)16-8-6-15(24)7-9-16/h6-9,11,13-14,21H,4-5,10,12H2,1-3H3. The normalized spacial score (nSPS) is 16.9. The van der Waals surface area contributed by atoms with Gasteiger partial charge in [0.25, 0.3) is 0 Å². The van der Waals surface area contributed by atoms with Crippen LogP contribution in [0.5, 0.6) is 0 Å². The fraction of sp³-hybridized carbons (Fsp3) is 0.435. The number of benzene rings is 1. The molecule has 0 spiro atoms. The summed E-state index contributed by atoms with van der Waals surface area (Å²) < 4.78 is 46.9. The fourth-order valence-corrected chi connectivity index (χ4v) is 4.18. The van der Waals surface area contributed by atoms with E-state index in [2.05, 4.69) is 4.98 Å². The van der Waals surface area contributed by atoms with E-state index in [1.54, 1.807) is 22.9 Å². The minimum absolute atomic E-state index is 0.000545. The number of anilines is 1. The Morgan fingerprint density at radius 3 is 2.56 bits per heavy atom. The molecule has 170 valence electrons. The van der Waals surface area contributed by atoms with Crippen molar-refractivity contribution in [1.29, 1.82) is 0 Å². The van der Waals surface area contributed by atoms with Gasteiger partial charge >= 0.3 is 5.97 Å². The molecule has 2 aromatic heterocycles. The number of nitrogens with zero attached hydrogens (tertiary/aromatic N) is 4. The van der Waals surface area contributed by atoms with Crippen LogP contribution in [0.2, 0.25) is 0 Å². The van der Waals surface area contributed by atoms with E-state index in [9.17, 15) is 18.0 Å². The summed E-state index contributed by atoms with van der Waals surface area (Å²) in [6.07, 6.45) is -1.34. The van der Waals surface area contributed by atoms with Gasteiger partial charge in [0.1, 0.15) is 5.82 Å². The van der Waals surface area contributed by atoms with Crippen molar-refractivity contribution in [3.8, 4) is 5.69 Å². The second-order valence-corrected chi connectivity index (χ2v) is 8.33. The Morgan fingerprint density at radius 1 is 1.22 bits per heavy atom. The first kappa shape index (κ1) is 22.1. The topological polar surface area (TPSA) is 60.2 Å². The molecule has 4 rings (SSSR count). The van der Waals surface area contributed by atoms with Crippen molar-refractivity contribution >= 4 is 22.7 Å². The van der Waals surface area contributed by atoms with Gasteiger partial charge in [0.15, 0.2) is 11.3 Å². The number of esters is 1. The zero-order chi connectivity index (χ0) is 23.0. The van der Waals surface area contributed by atoms with Crippen LogP contribution in [0, 0.1) is 11.7 Å². The first-order valence-electron chi connectivity index (χ1n) is 10.6. The molecule has 3 heterocycles. The fourth-order valence-electron chi connectivity index (χ4n) is 4.18. The van der Waals surface area contributed by atoms with Crippen LogP contribution >= 0.6 is 0 Å². The maximum atomic E-state index is 13.5. The molecule has 1 aliphatic rings. The number of fused-ring (bicyclic) bond motifs is 1. The van der Waals surface area contributed by atoms with E-state index in [0.717, 1.165) is 5.69 Å². The summed E-state index contributed by atoms with van der Waals surface area (Å²) in [7, 11) is 1.26. The molecule has 9 heteroatoms. The minimum atomic E-state index is -2.42. The van der Waals surface area contributed by atoms with Gasteiger partial charge in [0.05, 0.1) is 29.6 Å². The Bertz CT molecular complexity index is 1130. The van der Waals surface area contributed by atoms with Gasteiger partial charge in [-0.3, -0.25) is 0 Å². The Balaban J connectivity index is 1.97. The van der Waals surface area contributed by atoms with Gasteiger partial charge in [-0.05, 0) is 49.1 Å². The van der Waals surface area contributed by atoms with Gasteiger partial charge in [-0.25, -0.2) is 27.6 Å². The lowest BCUT2D eigenvalue weighted by molar-refractivity contribution is 0.0593. The zero-order valence-corrected chi connectivity index (χ0v) is 18.2. The van der Waals surface area contributed by atoms with Crippen LogP contribution in [0.4, 0.5) is 18.9 Å². The van der Waals surface area contributed by atoms with Crippen LogP contribution in [0.15, 0.2) is 30.3 Å². The summed E-state index contributed by atoms with van der Waals surface area (Å²) in [6, 6.07) is 7.39. The van der Waals surface area contributed by atoms with Crippen LogP contribution in [0.25, 0.3) is 16.7 Å². The molecule has 0 bridgehead atoms. The Kier molecular flexibility index (Phi) is 6.08. The van der Waals surface area contributed by atoms with E-state index in [1.165, 1.54) is 19.2 Å². The maximum absolute atomic E-state index is 13.5. The Morgan fingerprint density at radius 2 is 1.94 bits per heavy atom. The molecule has 32 heavy (non-hydrogen) atoms. The third kappa shape index (κ3) is 4.03. The number of methoxy groups -OCH3 is 1. The van der Waals surface area contributed by atoms with E-state index in [4.69, 9.17) is 9.84 Å². The van der Waals surface area contributed by atoms with E-state index < -0.39 is 18.3 Å². The third-order valence-corrected chi connectivity index (χ3v) is 5.81. The summed E-state index contributed by atoms with van der Waals surface area (Å²) >= 11 is 0. The molecule has 0 N–H and O–H groups in total. The van der Waals surface area contributed by atoms with Gasteiger partial charge in [-0.1, -0.05) is 13.8 Å². The molecule has 0 saturated carbocycles. The van der Waals surface area contributed by atoms with Crippen molar-refractivity contribution < 1.29 is 22.7 Å². The van der Waals surface area contributed by atoms with E-state index >= 15 is 0 Å². The molecule has 3 aromatic rings. The van der Waals surface area contributed by atoms with Crippen LogP contribution in [0.1, 0.15) is 48.8 Å². The molecule has 1 fully saturated rings. The van der Waals surface area contributed by atoms with Crippen molar-refractivity contribution in [2.24, 2.45) is 5.92 Å². The average Bonchev–Trinajstić information content (AvgIpc) is 3.18. The smallest absolute Gasteiger partial charge is 0.356 e. The largest absolute Gasteiger partial charge is 0.464 e. The van der Waals surface area contributed by atoms with Crippen molar-refractivity contribution in [3.63, 3.8) is 0 Å². The van der Waals surface area contributed by atoms with Gasteiger partial charge in [-0.2, -0.15) is 5.10 Å². The highest BCUT2D eigenvalue weighted by atomic mass is 19.3. The van der Waals surface area contributed by atoms with Crippen molar-refractivity contribution in [2.75, 3.05) is 25.1 Å². The third-order valence-electron chi connectivity index (χ3n) is 5.81. The van der Waals surface area contributed by atoms with Gasteiger partial charge in [0, 0.05) is 19.0 Å². The van der Waals surface area contributed by atoms with E-state index in [0.29, 0.717) is 41.8 Å². The molecule has 1 atom stereocenters. The maximum Gasteiger partial charge on any atom is 0.356 e. The number of carbonyl (C=O) groups is 1. The lowest BCUT2D eigenvalue weighted by atomic mass is 9.97. The molecule has 0 radical (unpaired) electrons. The first-order valence-corrected chi connectivity index (χ1v) is 10.6. The van der Waals surface area contributed by atoms with Crippen LogP contribution in [-0.2, 0) is 4.74 Å². The number of halogens is 3. The predicted molar refractivity (Wildman–Crippen MR) is 115 cm³/mol. The summed E-state index contributed by atoms with van der Waals surface area (Å²) in [5.74, 6) is -1.76. The molecule has 1 saturated heterocycles. The number of hydrogen-bond acceptors (Lipinski definition) is 5. The molecule has 1 aliphatic heterocycles. The second kappa shape index (κ2) is 8.80.